The van der Waals surface area contributed by atoms with E-state index in [2.05, 4.69) is 37.6 Å². The summed E-state index contributed by atoms with van der Waals surface area (Å²) in [6.45, 7) is 4.48. The molecule has 7 heteroatoms. The van der Waals surface area contributed by atoms with Crippen molar-refractivity contribution in [3.8, 4) is 11.4 Å². The highest BCUT2D eigenvalue weighted by molar-refractivity contribution is 5.78. The van der Waals surface area contributed by atoms with Gasteiger partial charge in [-0.3, -0.25) is 0 Å². The number of anilines is 1. The van der Waals surface area contributed by atoms with Gasteiger partial charge in [-0.1, -0.05) is 43.3 Å². The van der Waals surface area contributed by atoms with Crippen LogP contribution < -0.4 is 11.1 Å². The molecule has 1 saturated carbocycles. The van der Waals surface area contributed by atoms with Crippen LogP contribution in [0.15, 0.2) is 53.3 Å². The highest BCUT2D eigenvalue weighted by Crippen LogP contribution is 2.39. The Morgan fingerprint density at radius 3 is 2.69 bits per heavy atom. The van der Waals surface area contributed by atoms with Crippen LogP contribution in [0.5, 0.6) is 0 Å². The molecule has 1 aliphatic rings. The molecule has 2 heterocycles. The molecule has 150 valence electrons. The maximum atomic E-state index is 6.02. The third-order valence-corrected chi connectivity index (χ3v) is 4.94. The van der Waals surface area contributed by atoms with E-state index in [1.54, 1.807) is 6.33 Å². The molecule has 2 aromatic carbocycles. The molecule has 1 fully saturated rings. The summed E-state index contributed by atoms with van der Waals surface area (Å²) in [5.41, 5.74) is 11.0. The van der Waals surface area contributed by atoms with Gasteiger partial charge in [0.2, 0.25) is 11.7 Å². The zero-order valence-electron chi connectivity index (χ0n) is 16.7. The smallest absolute Gasteiger partial charge is 0.230 e. The van der Waals surface area contributed by atoms with E-state index in [0.717, 1.165) is 46.6 Å². The summed E-state index contributed by atoms with van der Waals surface area (Å²) in [7, 11) is 0. The first-order chi connectivity index (χ1) is 14.3. The van der Waals surface area contributed by atoms with Crippen LogP contribution in [0.1, 0.15) is 50.1 Å². The molecular weight excluding hydrogens is 364 g/mol. The van der Waals surface area contributed by atoms with Gasteiger partial charge >= 0.3 is 0 Å². The first-order valence-corrected chi connectivity index (χ1v) is 10.1. The summed E-state index contributed by atoms with van der Waals surface area (Å²) < 4.78 is 5.35. The van der Waals surface area contributed by atoms with Gasteiger partial charge in [-0.2, -0.15) is 4.98 Å². The van der Waals surface area contributed by atoms with Crippen molar-refractivity contribution in [3.05, 3.63) is 60.2 Å². The molecule has 0 aliphatic heterocycles. The predicted molar refractivity (Wildman–Crippen MR) is 115 cm³/mol. The van der Waals surface area contributed by atoms with E-state index < -0.39 is 0 Å². The van der Waals surface area contributed by atoms with Crippen molar-refractivity contribution in [1.29, 1.82) is 0 Å². The summed E-state index contributed by atoms with van der Waals surface area (Å²) in [4.78, 5) is 11.9. The quantitative estimate of drug-likeness (QED) is 0.443. The van der Waals surface area contributed by atoms with Gasteiger partial charge in [-0.15, -0.1) is 0 Å². The summed E-state index contributed by atoms with van der Waals surface area (Å²) in [6.07, 6.45) is 3.99. The van der Waals surface area contributed by atoms with Crippen molar-refractivity contribution in [1.82, 2.24) is 20.1 Å². The van der Waals surface area contributed by atoms with Gasteiger partial charge in [-0.25, -0.2) is 4.98 Å². The minimum absolute atomic E-state index is 0.00622. The first kappa shape index (κ1) is 19.1. The maximum Gasteiger partial charge on any atom is 0.230 e. The molecule has 4 N–H and O–H groups in total. The van der Waals surface area contributed by atoms with Crippen LogP contribution in [0.3, 0.4) is 0 Å². The Morgan fingerprint density at radius 1 is 1.17 bits per heavy atom. The summed E-state index contributed by atoms with van der Waals surface area (Å²) in [6, 6.07) is 14.2. The molecule has 29 heavy (non-hydrogen) atoms. The number of aromatic amines is 1. The van der Waals surface area contributed by atoms with Crippen LogP contribution in [0.25, 0.3) is 22.4 Å². The number of fused-ring (bicyclic) bond motifs is 1. The van der Waals surface area contributed by atoms with Crippen LogP contribution in [-0.2, 0) is 0 Å². The third kappa shape index (κ3) is 4.14. The molecule has 0 amide bonds. The lowest BCUT2D eigenvalue weighted by atomic mass is 10.0. The molecule has 0 spiro atoms. The summed E-state index contributed by atoms with van der Waals surface area (Å²) in [5, 5.41) is 7.59. The number of nitrogens with one attached hydrogen (secondary N) is 2. The van der Waals surface area contributed by atoms with Crippen molar-refractivity contribution in [2.24, 2.45) is 5.73 Å². The number of imidazole rings is 1. The fraction of sp³-hybridized carbons (Fsp3) is 0.318. The monoisotopic (exact) mass is 390 g/mol. The number of H-pyrrole nitrogens is 1. The Balaban J connectivity index is 0.000000994. The van der Waals surface area contributed by atoms with Gasteiger partial charge in [0.25, 0.3) is 0 Å². The van der Waals surface area contributed by atoms with Gasteiger partial charge in [-0.05, 0) is 36.6 Å². The molecule has 0 saturated heterocycles. The number of benzene rings is 2. The number of hydrogen-bond donors (Lipinski definition) is 3. The number of nitrogens with two attached hydrogens (primary N) is 1. The lowest BCUT2D eigenvalue weighted by Crippen LogP contribution is -2.20. The molecule has 4 aromatic rings. The second-order valence-electron chi connectivity index (χ2n) is 6.92. The highest BCUT2D eigenvalue weighted by Gasteiger charge is 2.29. The summed E-state index contributed by atoms with van der Waals surface area (Å²) >= 11 is 0. The average Bonchev–Trinajstić information content (AvgIpc) is 3.32. The number of rotatable bonds is 6. The van der Waals surface area contributed by atoms with Gasteiger partial charge in [0, 0.05) is 23.7 Å². The van der Waals surface area contributed by atoms with Crippen LogP contribution in [0.4, 0.5) is 5.69 Å². The van der Waals surface area contributed by atoms with Crippen molar-refractivity contribution in [3.63, 3.8) is 0 Å². The average molecular weight is 390 g/mol. The van der Waals surface area contributed by atoms with Crippen LogP contribution in [0.2, 0.25) is 0 Å². The van der Waals surface area contributed by atoms with Crippen molar-refractivity contribution in [2.45, 2.75) is 38.6 Å². The predicted octanol–water partition coefficient (Wildman–Crippen LogP) is 4.63. The minimum Gasteiger partial charge on any atom is -0.377 e. The second-order valence-corrected chi connectivity index (χ2v) is 6.92. The van der Waals surface area contributed by atoms with E-state index in [0.29, 0.717) is 18.3 Å². The molecule has 5 rings (SSSR count). The SMILES string of the molecule is CC.NCC(Nc1ccc2nc[nH]c2c1)c1ccc(-c2noc(C3CC3)n2)cc1. The minimum atomic E-state index is 0.00622. The largest absolute Gasteiger partial charge is 0.377 e. The van der Waals surface area contributed by atoms with Gasteiger partial charge in [0.05, 0.1) is 23.4 Å². The maximum absolute atomic E-state index is 6.02. The van der Waals surface area contributed by atoms with Crippen LogP contribution in [0, 0.1) is 0 Å². The molecular formula is C22H26N6O. The van der Waals surface area contributed by atoms with E-state index in [4.69, 9.17) is 10.3 Å². The Bertz CT molecular complexity index is 1060. The van der Waals surface area contributed by atoms with E-state index in [9.17, 15) is 0 Å². The first-order valence-electron chi connectivity index (χ1n) is 10.1. The molecule has 1 atom stereocenters. The topological polar surface area (TPSA) is 106 Å². The zero-order chi connectivity index (χ0) is 20.2. The molecule has 0 bridgehead atoms. The zero-order valence-corrected chi connectivity index (χ0v) is 16.7. The fourth-order valence-corrected chi connectivity index (χ4v) is 3.22. The normalized spacial score (nSPS) is 14.3. The van der Waals surface area contributed by atoms with Crippen LogP contribution >= 0.6 is 0 Å². The lowest BCUT2D eigenvalue weighted by Gasteiger charge is -2.19. The number of nitrogens with zero attached hydrogens (tertiary/aromatic N) is 3. The highest BCUT2D eigenvalue weighted by atomic mass is 16.5. The molecule has 7 nitrogen and oxygen atoms in total. The van der Waals surface area contributed by atoms with E-state index in [-0.39, 0.29) is 6.04 Å². The Labute approximate surface area is 169 Å². The Kier molecular flexibility index (Phi) is 5.57. The number of aromatic nitrogens is 4. The van der Waals surface area contributed by atoms with Crippen molar-refractivity contribution >= 4 is 16.7 Å². The number of hydrogen-bond acceptors (Lipinski definition) is 6. The van der Waals surface area contributed by atoms with Crippen molar-refractivity contribution < 1.29 is 4.52 Å². The second kappa shape index (κ2) is 8.45. The van der Waals surface area contributed by atoms with Crippen molar-refractivity contribution in [2.75, 3.05) is 11.9 Å². The van der Waals surface area contributed by atoms with Gasteiger partial charge < -0.3 is 20.6 Å². The van der Waals surface area contributed by atoms with Gasteiger partial charge in [0.15, 0.2) is 0 Å². The van der Waals surface area contributed by atoms with Gasteiger partial charge in [0.1, 0.15) is 0 Å². The third-order valence-electron chi connectivity index (χ3n) is 4.94. The Morgan fingerprint density at radius 2 is 1.97 bits per heavy atom. The van der Waals surface area contributed by atoms with E-state index >= 15 is 0 Å². The van der Waals surface area contributed by atoms with Crippen LogP contribution in [-0.4, -0.2) is 26.7 Å². The Hall–Kier alpha value is -3.19. The fourth-order valence-electron chi connectivity index (χ4n) is 3.22. The lowest BCUT2D eigenvalue weighted by molar-refractivity contribution is 0.380. The summed E-state index contributed by atoms with van der Waals surface area (Å²) in [5.74, 6) is 1.86. The molecule has 1 unspecified atom stereocenters. The molecule has 0 radical (unpaired) electrons. The molecule has 2 aromatic heterocycles. The molecule has 1 aliphatic carbocycles. The van der Waals surface area contributed by atoms with E-state index in [1.807, 2.05) is 44.2 Å². The van der Waals surface area contributed by atoms with E-state index in [1.165, 1.54) is 0 Å². The standard InChI is InChI=1S/C20H20N6O.C2H6/c21-10-18(24-15-7-8-16-17(9-15)23-11-22-16)12-1-3-13(4-2-12)19-25-20(27-26-19)14-5-6-14;1-2/h1-4,7-9,11,14,18,24H,5-6,10,21H2,(H,22,23);1-2H3.